The molecule has 2 heterocycles. The highest BCUT2D eigenvalue weighted by Gasteiger charge is 2.42. The van der Waals surface area contributed by atoms with Crippen LogP contribution in [0.4, 0.5) is 0 Å². The van der Waals surface area contributed by atoms with Crippen LogP contribution in [0.1, 0.15) is 46.1 Å². The molecular formula is C22H30N2O4. The maximum Gasteiger partial charge on any atom is 0.277 e. The number of imide groups is 1. The maximum atomic E-state index is 13.2. The molecule has 6 nitrogen and oxygen atoms in total. The predicted octanol–water partition coefficient (Wildman–Crippen LogP) is 3.07. The Morgan fingerprint density at radius 1 is 1.04 bits per heavy atom. The molecule has 152 valence electrons. The van der Waals surface area contributed by atoms with Crippen LogP contribution in [0.3, 0.4) is 0 Å². The van der Waals surface area contributed by atoms with E-state index in [-0.39, 0.29) is 24.0 Å². The normalized spacial score (nSPS) is 23.0. The van der Waals surface area contributed by atoms with E-state index < -0.39 is 0 Å². The van der Waals surface area contributed by atoms with Gasteiger partial charge in [-0.25, -0.2) is 0 Å². The highest BCUT2D eigenvalue weighted by molar-refractivity contribution is 6.35. The fourth-order valence-corrected chi connectivity index (χ4v) is 3.88. The Balaban J connectivity index is 2.01. The molecule has 1 saturated heterocycles. The van der Waals surface area contributed by atoms with Crippen LogP contribution >= 0.6 is 0 Å². The van der Waals surface area contributed by atoms with Crippen molar-refractivity contribution in [3.63, 3.8) is 0 Å². The zero-order valence-corrected chi connectivity index (χ0v) is 17.2. The number of carbonyl (C=O) groups is 2. The van der Waals surface area contributed by atoms with Crippen LogP contribution in [0.2, 0.25) is 0 Å². The number of morpholine rings is 1. The third-order valence-corrected chi connectivity index (χ3v) is 5.07. The number of hydrogen-bond acceptors (Lipinski definition) is 5. The zero-order valence-electron chi connectivity index (χ0n) is 17.2. The second-order valence-corrected chi connectivity index (χ2v) is 7.46. The van der Waals surface area contributed by atoms with Gasteiger partial charge in [0.25, 0.3) is 11.8 Å². The van der Waals surface area contributed by atoms with Gasteiger partial charge in [0.1, 0.15) is 11.4 Å². The first-order valence-electron chi connectivity index (χ1n) is 10.2. The fraction of sp³-hybridized carbons (Fsp3) is 0.545. The molecule has 28 heavy (non-hydrogen) atoms. The molecule has 1 fully saturated rings. The standard InChI is InChI=1S/C22H30N2O4/c1-5-7-12-24-21(25)19(17-8-10-18(11-9-17)27-6-2)20(22(24)26)23-13-15(3)28-16(4)14-23/h8-11,15-16H,5-7,12-14H2,1-4H3. The number of carbonyl (C=O) groups excluding carboxylic acids is 2. The quantitative estimate of drug-likeness (QED) is 0.674. The van der Waals surface area contributed by atoms with Gasteiger partial charge in [0, 0.05) is 19.6 Å². The van der Waals surface area contributed by atoms with Gasteiger partial charge in [0.05, 0.1) is 24.4 Å². The summed E-state index contributed by atoms with van der Waals surface area (Å²) in [4.78, 5) is 29.9. The van der Waals surface area contributed by atoms with Crippen molar-refractivity contribution >= 4 is 17.4 Å². The Morgan fingerprint density at radius 3 is 2.25 bits per heavy atom. The van der Waals surface area contributed by atoms with Crippen LogP contribution in [-0.4, -0.2) is 60.1 Å². The van der Waals surface area contributed by atoms with E-state index in [0.29, 0.717) is 37.5 Å². The molecule has 2 atom stereocenters. The Morgan fingerprint density at radius 2 is 1.68 bits per heavy atom. The molecule has 0 radical (unpaired) electrons. The third-order valence-electron chi connectivity index (χ3n) is 5.07. The highest BCUT2D eigenvalue weighted by Crippen LogP contribution is 2.34. The summed E-state index contributed by atoms with van der Waals surface area (Å²) in [5.74, 6) is 0.356. The van der Waals surface area contributed by atoms with Crippen LogP contribution in [0.15, 0.2) is 30.0 Å². The first-order valence-corrected chi connectivity index (χ1v) is 10.2. The summed E-state index contributed by atoms with van der Waals surface area (Å²) in [5, 5.41) is 0. The lowest BCUT2D eigenvalue weighted by Crippen LogP contribution is -2.47. The van der Waals surface area contributed by atoms with Crippen molar-refractivity contribution in [3.8, 4) is 5.75 Å². The van der Waals surface area contributed by atoms with Gasteiger partial charge in [-0.2, -0.15) is 0 Å². The predicted molar refractivity (Wildman–Crippen MR) is 108 cm³/mol. The molecule has 2 aliphatic heterocycles. The topological polar surface area (TPSA) is 59.1 Å². The van der Waals surface area contributed by atoms with Gasteiger partial charge in [0.2, 0.25) is 0 Å². The first-order chi connectivity index (χ1) is 13.5. The molecule has 0 saturated carbocycles. The lowest BCUT2D eigenvalue weighted by Gasteiger charge is -2.37. The van der Waals surface area contributed by atoms with Crippen LogP contribution < -0.4 is 4.74 Å². The van der Waals surface area contributed by atoms with Crippen LogP contribution in [-0.2, 0) is 14.3 Å². The van der Waals surface area contributed by atoms with Gasteiger partial charge < -0.3 is 14.4 Å². The summed E-state index contributed by atoms with van der Waals surface area (Å²) < 4.78 is 11.3. The van der Waals surface area contributed by atoms with E-state index in [9.17, 15) is 9.59 Å². The number of benzene rings is 1. The molecular weight excluding hydrogens is 356 g/mol. The second kappa shape index (κ2) is 8.78. The number of ether oxygens (including phenoxy) is 2. The lowest BCUT2D eigenvalue weighted by molar-refractivity contribution is -0.138. The fourth-order valence-electron chi connectivity index (χ4n) is 3.88. The van der Waals surface area contributed by atoms with Gasteiger partial charge in [0.15, 0.2) is 0 Å². The molecule has 2 amide bonds. The van der Waals surface area contributed by atoms with Crippen LogP contribution in [0, 0.1) is 0 Å². The van der Waals surface area contributed by atoms with Gasteiger partial charge >= 0.3 is 0 Å². The van der Waals surface area contributed by atoms with Crippen molar-refractivity contribution in [1.82, 2.24) is 9.80 Å². The Kier molecular flexibility index (Phi) is 6.39. The molecule has 0 bridgehead atoms. The van der Waals surface area contributed by atoms with E-state index in [2.05, 4.69) is 6.92 Å². The molecule has 2 unspecified atom stereocenters. The molecule has 2 aliphatic rings. The third kappa shape index (κ3) is 4.07. The second-order valence-electron chi connectivity index (χ2n) is 7.46. The van der Waals surface area contributed by atoms with Crippen molar-refractivity contribution in [2.45, 2.75) is 52.7 Å². The first kappa shape index (κ1) is 20.4. The molecule has 0 aromatic heterocycles. The summed E-state index contributed by atoms with van der Waals surface area (Å²) in [6.07, 6.45) is 1.74. The minimum atomic E-state index is -0.204. The summed E-state index contributed by atoms with van der Waals surface area (Å²) in [6, 6.07) is 7.42. The molecule has 0 spiro atoms. The molecule has 1 aromatic rings. The summed E-state index contributed by atoms with van der Waals surface area (Å²) in [7, 11) is 0. The number of amides is 2. The number of rotatable bonds is 7. The van der Waals surface area contributed by atoms with E-state index in [1.54, 1.807) is 0 Å². The van der Waals surface area contributed by atoms with Crippen LogP contribution in [0.25, 0.3) is 5.57 Å². The molecule has 0 aliphatic carbocycles. The summed E-state index contributed by atoms with van der Waals surface area (Å²) in [6.45, 7) is 10.2. The van der Waals surface area contributed by atoms with Crippen molar-refractivity contribution in [1.29, 1.82) is 0 Å². The van der Waals surface area contributed by atoms with Crippen molar-refractivity contribution in [2.75, 3.05) is 26.2 Å². The van der Waals surface area contributed by atoms with Crippen molar-refractivity contribution in [2.24, 2.45) is 0 Å². The van der Waals surface area contributed by atoms with E-state index in [1.807, 2.05) is 49.9 Å². The monoisotopic (exact) mass is 386 g/mol. The number of hydrogen-bond donors (Lipinski definition) is 0. The van der Waals surface area contributed by atoms with Crippen LogP contribution in [0.5, 0.6) is 5.75 Å². The Labute approximate surface area is 167 Å². The van der Waals surface area contributed by atoms with E-state index >= 15 is 0 Å². The minimum Gasteiger partial charge on any atom is -0.494 e. The average Bonchev–Trinajstić information content (AvgIpc) is 2.90. The Bertz CT molecular complexity index is 746. The number of nitrogens with zero attached hydrogens (tertiary/aromatic N) is 2. The molecule has 3 rings (SSSR count). The van der Waals surface area contributed by atoms with Gasteiger partial charge in [-0.3, -0.25) is 14.5 Å². The highest BCUT2D eigenvalue weighted by atomic mass is 16.5. The van der Waals surface area contributed by atoms with Gasteiger partial charge in [-0.1, -0.05) is 25.5 Å². The van der Waals surface area contributed by atoms with Crippen molar-refractivity contribution < 1.29 is 19.1 Å². The minimum absolute atomic E-state index is 0.00502. The molecule has 6 heteroatoms. The SMILES string of the molecule is CCCCN1C(=O)C(c2ccc(OCC)cc2)=C(N2CC(C)OC(C)C2)C1=O. The number of unbranched alkanes of at least 4 members (excludes halogenated alkanes) is 1. The van der Waals surface area contributed by atoms with Gasteiger partial charge in [-0.15, -0.1) is 0 Å². The molecule has 0 N–H and O–H groups in total. The summed E-state index contributed by atoms with van der Waals surface area (Å²) in [5.41, 5.74) is 1.75. The molecule has 1 aromatic carbocycles. The van der Waals surface area contributed by atoms with E-state index in [1.165, 1.54) is 4.90 Å². The lowest BCUT2D eigenvalue weighted by atomic mass is 10.0. The van der Waals surface area contributed by atoms with Crippen molar-refractivity contribution in [3.05, 3.63) is 35.5 Å². The zero-order chi connectivity index (χ0) is 20.3. The smallest absolute Gasteiger partial charge is 0.277 e. The van der Waals surface area contributed by atoms with E-state index in [0.717, 1.165) is 24.2 Å². The maximum absolute atomic E-state index is 13.2. The van der Waals surface area contributed by atoms with Gasteiger partial charge in [-0.05, 0) is 44.9 Å². The summed E-state index contributed by atoms with van der Waals surface area (Å²) >= 11 is 0. The average molecular weight is 386 g/mol. The Hall–Kier alpha value is -2.34. The largest absolute Gasteiger partial charge is 0.494 e. The van der Waals surface area contributed by atoms with E-state index in [4.69, 9.17) is 9.47 Å².